The van der Waals surface area contributed by atoms with Crippen molar-refractivity contribution in [3.63, 3.8) is 0 Å². The number of aromatic nitrogens is 1. The summed E-state index contributed by atoms with van der Waals surface area (Å²) in [7, 11) is 0. The van der Waals surface area contributed by atoms with Crippen LogP contribution in [-0.4, -0.2) is 16.8 Å². The molecule has 186 valence electrons. The van der Waals surface area contributed by atoms with Crippen LogP contribution in [0.3, 0.4) is 0 Å². The van der Waals surface area contributed by atoms with Crippen molar-refractivity contribution in [2.75, 3.05) is 5.32 Å². The molecule has 1 aliphatic rings. The maximum atomic E-state index is 13.2. The first-order chi connectivity index (χ1) is 17.1. The minimum atomic E-state index is -4.66. The topological polar surface area (TPSA) is 107 Å². The van der Waals surface area contributed by atoms with E-state index in [1.54, 1.807) is 6.07 Å². The first-order valence-corrected chi connectivity index (χ1v) is 11.9. The number of thiophene rings is 1. The van der Waals surface area contributed by atoms with Crippen LogP contribution in [0.2, 0.25) is 0 Å². The lowest BCUT2D eigenvalue weighted by atomic mass is 10.1. The third kappa shape index (κ3) is 4.53. The number of fused-ring (bicyclic) bond motifs is 2. The van der Waals surface area contributed by atoms with Gasteiger partial charge in [-0.1, -0.05) is 6.07 Å². The molecule has 5 rings (SSSR count). The smallest absolute Gasteiger partial charge is 0.433 e. The Morgan fingerprint density at radius 3 is 2.69 bits per heavy atom. The van der Waals surface area contributed by atoms with Gasteiger partial charge in [0.15, 0.2) is 5.76 Å². The Hall–Kier alpha value is -3.86. The molecule has 0 saturated heterocycles. The number of aryl methyl sites for hydroxylation is 3. The third-order valence-corrected chi connectivity index (χ3v) is 7.05. The van der Waals surface area contributed by atoms with Crippen molar-refractivity contribution in [3.8, 4) is 5.75 Å². The van der Waals surface area contributed by atoms with Crippen LogP contribution in [0.1, 0.15) is 54.8 Å². The summed E-state index contributed by atoms with van der Waals surface area (Å²) < 4.78 is 50.9. The van der Waals surface area contributed by atoms with Crippen molar-refractivity contribution in [1.29, 1.82) is 0 Å². The summed E-state index contributed by atoms with van der Waals surface area (Å²) in [4.78, 5) is 28.3. The van der Waals surface area contributed by atoms with Crippen LogP contribution in [0, 0.1) is 6.92 Å². The van der Waals surface area contributed by atoms with E-state index in [9.17, 15) is 22.8 Å². The number of halogens is 3. The van der Waals surface area contributed by atoms with E-state index >= 15 is 0 Å². The first kappa shape index (κ1) is 23.9. The van der Waals surface area contributed by atoms with E-state index in [1.807, 2.05) is 12.1 Å². The number of hydrogen-bond acceptors (Lipinski definition) is 6. The monoisotopic (exact) mass is 515 g/mol. The van der Waals surface area contributed by atoms with Crippen molar-refractivity contribution >= 4 is 39.1 Å². The van der Waals surface area contributed by atoms with Gasteiger partial charge in [0.2, 0.25) is 0 Å². The molecule has 2 amide bonds. The number of hydrogen-bond donors (Lipinski definition) is 2. The number of nitrogens with zero attached hydrogens (tertiary/aromatic N) is 1. The Morgan fingerprint density at radius 1 is 1.17 bits per heavy atom. The van der Waals surface area contributed by atoms with Gasteiger partial charge in [-0.05, 0) is 73.2 Å². The highest BCUT2D eigenvalue weighted by Crippen LogP contribution is 2.40. The molecular weight excluding hydrogens is 495 g/mol. The highest BCUT2D eigenvalue weighted by Gasteiger charge is 2.34. The second-order valence-corrected chi connectivity index (χ2v) is 9.46. The van der Waals surface area contributed by atoms with E-state index in [4.69, 9.17) is 14.9 Å². The molecule has 0 unspecified atom stereocenters. The van der Waals surface area contributed by atoms with Gasteiger partial charge in [-0.3, -0.25) is 9.59 Å². The normalized spacial score (nSPS) is 13.1. The van der Waals surface area contributed by atoms with Gasteiger partial charge < -0.3 is 20.2 Å². The van der Waals surface area contributed by atoms with Crippen LogP contribution < -0.4 is 15.8 Å². The highest BCUT2D eigenvalue weighted by atomic mass is 32.1. The minimum absolute atomic E-state index is 0.00133. The predicted molar refractivity (Wildman–Crippen MR) is 127 cm³/mol. The summed E-state index contributed by atoms with van der Waals surface area (Å²) >= 11 is 0.682. The minimum Gasteiger partial charge on any atom is -0.486 e. The molecule has 1 aliphatic carbocycles. The van der Waals surface area contributed by atoms with E-state index in [0.717, 1.165) is 25.3 Å². The number of benzene rings is 1. The lowest BCUT2D eigenvalue weighted by Crippen LogP contribution is -2.16. The fraction of sp³-hybridized carbons (Fsp3) is 0.240. The van der Waals surface area contributed by atoms with Gasteiger partial charge >= 0.3 is 6.18 Å². The summed E-state index contributed by atoms with van der Waals surface area (Å²) in [6.45, 7) is 1.54. The molecule has 36 heavy (non-hydrogen) atoms. The second kappa shape index (κ2) is 8.98. The maximum Gasteiger partial charge on any atom is 0.433 e. The van der Waals surface area contributed by atoms with Crippen LogP contribution >= 0.6 is 11.3 Å². The second-order valence-electron chi connectivity index (χ2n) is 8.47. The molecule has 0 radical (unpaired) electrons. The van der Waals surface area contributed by atoms with Crippen LogP contribution in [-0.2, 0) is 25.6 Å². The Morgan fingerprint density at radius 2 is 1.94 bits per heavy atom. The molecule has 3 N–H and O–H groups in total. The van der Waals surface area contributed by atoms with Crippen LogP contribution in [0.15, 0.2) is 40.8 Å². The van der Waals surface area contributed by atoms with E-state index < -0.39 is 23.7 Å². The number of nitrogens with one attached hydrogen (secondary N) is 1. The fourth-order valence-corrected chi connectivity index (χ4v) is 5.32. The fourth-order valence-electron chi connectivity index (χ4n) is 4.27. The molecule has 3 aromatic heterocycles. The van der Waals surface area contributed by atoms with Gasteiger partial charge in [-0.2, -0.15) is 13.2 Å². The quantitative estimate of drug-likeness (QED) is 0.346. The molecule has 0 saturated carbocycles. The molecule has 1 aromatic carbocycles. The molecule has 0 atom stereocenters. The van der Waals surface area contributed by atoms with Gasteiger partial charge in [0.25, 0.3) is 11.8 Å². The van der Waals surface area contributed by atoms with Crippen molar-refractivity contribution < 1.29 is 31.9 Å². The SMILES string of the molecule is Cc1cc(C(F)(F)F)nc2sc(C(N)=O)c(NC(=O)c3ccc(COc4ccc5c(c4)CCC5)o3)c12. The number of nitrogens with two attached hydrogens (primary N) is 1. The van der Waals surface area contributed by atoms with Gasteiger partial charge in [0.05, 0.1) is 5.69 Å². The van der Waals surface area contributed by atoms with Crippen LogP contribution in [0.5, 0.6) is 5.75 Å². The molecule has 11 heteroatoms. The summed E-state index contributed by atoms with van der Waals surface area (Å²) in [5, 5.41) is 2.77. The van der Waals surface area contributed by atoms with Gasteiger partial charge in [-0.25, -0.2) is 4.98 Å². The standard InChI is InChI=1S/C25H20F3N3O4S/c1-12-9-18(25(26,27)28)30-24-19(12)20(21(36-24)22(29)32)31-23(33)17-8-7-16(35-17)11-34-15-6-5-13-3-2-4-14(13)10-15/h5-10H,2-4,11H2,1H3,(H2,29,32)(H,31,33). The van der Waals surface area contributed by atoms with E-state index in [2.05, 4.69) is 16.4 Å². The molecule has 4 aromatic rings. The number of anilines is 1. The zero-order valence-corrected chi connectivity index (χ0v) is 19.8. The summed E-state index contributed by atoms with van der Waals surface area (Å²) in [5.74, 6) is -0.548. The van der Waals surface area contributed by atoms with Gasteiger partial charge in [-0.15, -0.1) is 11.3 Å². The number of amides is 2. The number of pyridine rings is 1. The number of alkyl halides is 3. The number of ether oxygens (including phenoxy) is 1. The van der Waals surface area contributed by atoms with E-state index in [0.29, 0.717) is 22.8 Å². The molecule has 7 nitrogen and oxygen atoms in total. The summed E-state index contributed by atoms with van der Waals surface area (Å²) in [5.41, 5.74) is 7.12. The lowest BCUT2D eigenvalue weighted by Gasteiger charge is -2.09. The molecule has 0 bridgehead atoms. The zero-order chi connectivity index (χ0) is 25.6. The highest BCUT2D eigenvalue weighted by molar-refractivity contribution is 7.21. The summed E-state index contributed by atoms with van der Waals surface area (Å²) in [6, 6.07) is 9.85. The van der Waals surface area contributed by atoms with Crippen molar-refractivity contribution in [2.24, 2.45) is 5.73 Å². The number of carbonyl (C=O) groups excluding carboxylic acids is 2. The maximum absolute atomic E-state index is 13.2. The average Bonchev–Trinajstić information content (AvgIpc) is 3.55. The largest absolute Gasteiger partial charge is 0.486 e. The molecule has 0 aliphatic heterocycles. The van der Waals surface area contributed by atoms with Crippen LogP contribution in [0.4, 0.5) is 18.9 Å². The lowest BCUT2D eigenvalue weighted by molar-refractivity contribution is -0.141. The van der Waals surface area contributed by atoms with E-state index in [1.165, 1.54) is 24.1 Å². The first-order valence-electron chi connectivity index (χ1n) is 11.1. The van der Waals surface area contributed by atoms with Crippen molar-refractivity contribution in [2.45, 2.75) is 39.0 Å². The Kier molecular flexibility index (Phi) is 5.95. The average molecular weight is 516 g/mol. The Labute approximate surface area is 207 Å². The Bertz CT molecular complexity index is 1510. The predicted octanol–water partition coefficient (Wildman–Crippen LogP) is 5.64. The van der Waals surface area contributed by atoms with Gasteiger partial charge in [0.1, 0.15) is 33.5 Å². The molecule has 3 heterocycles. The number of rotatable bonds is 6. The van der Waals surface area contributed by atoms with Gasteiger partial charge in [0, 0.05) is 5.39 Å². The van der Waals surface area contributed by atoms with Crippen LogP contribution in [0.25, 0.3) is 10.2 Å². The Balaban J connectivity index is 1.36. The zero-order valence-electron chi connectivity index (χ0n) is 19.0. The summed E-state index contributed by atoms with van der Waals surface area (Å²) in [6.07, 6.45) is -1.44. The molecule has 0 fully saturated rings. The van der Waals surface area contributed by atoms with E-state index in [-0.39, 0.29) is 38.7 Å². The molecular formula is C25H20F3N3O4S. The number of carbonyl (C=O) groups is 2. The number of furan rings is 1. The van der Waals surface area contributed by atoms with Crippen molar-refractivity contribution in [1.82, 2.24) is 4.98 Å². The number of primary amides is 1. The third-order valence-electron chi connectivity index (χ3n) is 5.95. The van der Waals surface area contributed by atoms with Crippen molar-refractivity contribution in [3.05, 3.63) is 75.2 Å². The molecule has 0 spiro atoms.